The number of unbranched alkanes of at least 4 members (excludes halogenated alkanes) is 2. The van der Waals surface area contributed by atoms with E-state index in [2.05, 4.69) is 38.1 Å². The van der Waals surface area contributed by atoms with E-state index in [4.69, 9.17) is 9.47 Å². The summed E-state index contributed by atoms with van der Waals surface area (Å²) in [5, 5.41) is 0. The lowest BCUT2D eigenvalue weighted by molar-refractivity contribution is -0.211. The monoisotopic (exact) mass is 438 g/mol. The topological polar surface area (TPSA) is 52.6 Å². The molecule has 0 aliphatic rings. The number of esters is 2. The number of aryl methyl sites for hydroxylation is 2. The van der Waals surface area contributed by atoms with Gasteiger partial charge in [-0.15, -0.1) is 0 Å². The van der Waals surface area contributed by atoms with Gasteiger partial charge in [-0.05, 0) is 61.8 Å². The van der Waals surface area contributed by atoms with Crippen LogP contribution in [0.4, 0.5) is 0 Å². The first-order valence-corrected chi connectivity index (χ1v) is 11.7. The van der Waals surface area contributed by atoms with Crippen LogP contribution >= 0.6 is 0 Å². The van der Waals surface area contributed by atoms with Gasteiger partial charge < -0.3 is 9.47 Å². The van der Waals surface area contributed by atoms with E-state index >= 15 is 0 Å². The van der Waals surface area contributed by atoms with Crippen molar-refractivity contribution in [3.8, 4) is 0 Å². The smallest absolute Gasteiger partial charge is 0.303 e. The number of carbonyl (C=O) groups excluding carboxylic acids is 2. The third-order valence-electron chi connectivity index (χ3n) is 6.25. The Bertz CT molecular complexity index is 809. The van der Waals surface area contributed by atoms with E-state index in [1.54, 1.807) is 0 Å². The molecule has 0 amide bonds. The van der Waals surface area contributed by atoms with Crippen LogP contribution in [0.25, 0.3) is 0 Å². The molecule has 4 heteroatoms. The summed E-state index contributed by atoms with van der Waals surface area (Å²) in [6, 6.07) is 16.2. The summed E-state index contributed by atoms with van der Waals surface area (Å²) in [6.07, 6.45) is 6.51. The molecule has 4 nitrogen and oxygen atoms in total. The zero-order valence-electron chi connectivity index (χ0n) is 20.5. The molecule has 0 aromatic heterocycles. The summed E-state index contributed by atoms with van der Waals surface area (Å²) in [4.78, 5) is 24.4. The predicted molar refractivity (Wildman–Crippen MR) is 128 cm³/mol. The zero-order valence-corrected chi connectivity index (χ0v) is 20.5. The van der Waals surface area contributed by atoms with E-state index in [0.29, 0.717) is 0 Å². The highest BCUT2D eigenvalue weighted by atomic mass is 16.6. The maximum absolute atomic E-state index is 12.2. The highest BCUT2D eigenvalue weighted by Gasteiger charge is 2.53. The van der Waals surface area contributed by atoms with Gasteiger partial charge in [0.1, 0.15) is 0 Å². The molecule has 2 atom stereocenters. The molecule has 0 bridgehead atoms. The number of rotatable bonds is 11. The van der Waals surface area contributed by atoms with Crippen LogP contribution < -0.4 is 0 Å². The minimum absolute atomic E-state index is 0.430. The van der Waals surface area contributed by atoms with Gasteiger partial charge in [-0.3, -0.25) is 9.59 Å². The molecule has 2 aromatic rings. The summed E-state index contributed by atoms with van der Waals surface area (Å²) in [7, 11) is 0. The van der Waals surface area contributed by atoms with Crippen LogP contribution in [-0.4, -0.2) is 11.9 Å². The quantitative estimate of drug-likeness (QED) is 0.370. The average molecular weight is 439 g/mol. The van der Waals surface area contributed by atoms with Crippen LogP contribution in [-0.2, 0) is 43.1 Å². The lowest BCUT2D eigenvalue weighted by Gasteiger charge is -2.45. The summed E-state index contributed by atoms with van der Waals surface area (Å²) in [5.41, 5.74) is 1.61. The van der Waals surface area contributed by atoms with Crippen molar-refractivity contribution in [3.05, 3.63) is 70.8 Å². The first-order chi connectivity index (χ1) is 15.2. The van der Waals surface area contributed by atoms with Crippen molar-refractivity contribution >= 4 is 11.9 Å². The summed E-state index contributed by atoms with van der Waals surface area (Å²) < 4.78 is 11.9. The summed E-state index contributed by atoms with van der Waals surface area (Å²) in [6.45, 7) is 10.8. The van der Waals surface area contributed by atoms with E-state index in [-0.39, 0.29) is 0 Å². The van der Waals surface area contributed by atoms with E-state index < -0.39 is 23.1 Å². The molecule has 2 aromatic carbocycles. The molecule has 0 saturated carbocycles. The molecule has 32 heavy (non-hydrogen) atoms. The fraction of sp³-hybridized carbons (Fsp3) is 0.500. The lowest BCUT2D eigenvalue weighted by atomic mass is 9.74. The molecule has 2 unspecified atom stereocenters. The minimum Gasteiger partial charge on any atom is -0.450 e. The Kier molecular flexibility index (Phi) is 9.06. The highest BCUT2D eigenvalue weighted by molar-refractivity contribution is 5.69. The summed E-state index contributed by atoms with van der Waals surface area (Å²) >= 11 is 0. The minimum atomic E-state index is -1.21. The number of hydrogen-bond donors (Lipinski definition) is 0. The Balaban J connectivity index is 2.56. The van der Waals surface area contributed by atoms with Crippen LogP contribution in [0.5, 0.6) is 0 Å². The number of hydrogen-bond acceptors (Lipinski definition) is 4. The molecule has 0 spiro atoms. The SMILES string of the molecule is CCCCc1ccc(C(C)(OC(C)=O)C(C)(OC(C)=O)c2ccc(CCCC)cc2)cc1. The van der Waals surface area contributed by atoms with Gasteiger partial charge in [-0.1, -0.05) is 75.2 Å². The molecule has 0 fully saturated rings. The van der Waals surface area contributed by atoms with Gasteiger partial charge in [0.05, 0.1) is 0 Å². The third-order valence-corrected chi connectivity index (χ3v) is 6.25. The third kappa shape index (κ3) is 5.99. The van der Waals surface area contributed by atoms with Crippen molar-refractivity contribution in [1.29, 1.82) is 0 Å². The second-order valence-corrected chi connectivity index (χ2v) is 8.85. The maximum Gasteiger partial charge on any atom is 0.303 e. The van der Waals surface area contributed by atoms with E-state index in [1.165, 1.54) is 25.0 Å². The Hall–Kier alpha value is -2.62. The van der Waals surface area contributed by atoms with Crippen LogP contribution in [0.15, 0.2) is 48.5 Å². The number of carbonyl (C=O) groups is 2. The molecule has 0 radical (unpaired) electrons. The normalized spacial score (nSPS) is 14.8. The van der Waals surface area contributed by atoms with Gasteiger partial charge in [-0.25, -0.2) is 0 Å². The molecule has 0 aliphatic carbocycles. The molecular weight excluding hydrogens is 400 g/mol. The Morgan fingerprint density at radius 1 is 0.656 bits per heavy atom. The largest absolute Gasteiger partial charge is 0.450 e. The first kappa shape index (κ1) is 25.6. The predicted octanol–water partition coefficient (Wildman–Crippen LogP) is 6.63. The maximum atomic E-state index is 12.2. The highest BCUT2D eigenvalue weighted by Crippen LogP contribution is 2.46. The first-order valence-electron chi connectivity index (χ1n) is 11.7. The number of benzene rings is 2. The molecule has 174 valence electrons. The van der Waals surface area contributed by atoms with Gasteiger partial charge in [0.15, 0.2) is 11.2 Å². The fourth-order valence-corrected chi connectivity index (χ4v) is 4.18. The van der Waals surface area contributed by atoms with Crippen molar-refractivity contribution in [2.75, 3.05) is 0 Å². The van der Waals surface area contributed by atoms with Crippen LogP contribution in [0.2, 0.25) is 0 Å². The van der Waals surface area contributed by atoms with Gasteiger partial charge in [-0.2, -0.15) is 0 Å². The molecular formula is C28H38O4. The van der Waals surface area contributed by atoms with Crippen LogP contribution in [0.1, 0.15) is 89.5 Å². The van der Waals surface area contributed by atoms with Gasteiger partial charge in [0.25, 0.3) is 0 Å². The molecule has 0 N–H and O–H groups in total. The lowest BCUT2D eigenvalue weighted by Crippen LogP contribution is -2.50. The molecule has 0 aliphatic heterocycles. The van der Waals surface area contributed by atoms with Crippen LogP contribution in [0.3, 0.4) is 0 Å². The summed E-state index contributed by atoms with van der Waals surface area (Å²) in [5.74, 6) is -0.860. The van der Waals surface area contributed by atoms with E-state index in [0.717, 1.165) is 49.7 Å². The van der Waals surface area contributed by atoms with Gasteiger partial charge in [0.2, 0.25) is 0 Å². The second-order valence-electron chi connectivity index (χ2n) is 8.85. The molecule has 0 heterocycles. The molecule has 2 rings (SSSR count). The Morgan fingerprint density at radius 3 is 1.22 bits per heavy atom. The Morgan fingerprint density at radius 2 is 0.969 bits per heavy atom. The van der Waals surface area contributed by atoms with E-state index in [9.17, 15) is 9.59 Å². The van der Waals surface area contributed by atoms with Crippen LogP contribution in [0, 0.1) is 0 Å². The number of ether oxygens (including phenoxy) is 2. The van der Waals surface area contributed by atoms with Gasteiger partial charge >= 0.3 is 11.9 Å². The van der Waals surface area contributed by atoms with Crippen molar-refractivity contribution in [2.45, 2.75) is 91.3 Å². The zero-order chi connectivity index (χ0) is 23.8. The second kappa shape index (κ2) is 11.3. The van der Waals surface area contributed by atoms with Gasteiger partial charge in [0, 0.05) is 13.8 Å². The van der Waals surface area contributed by atoms with Crippen molar-refractivity contribution in [2.24, 2.45) is 0 Å². The fourth-order valence-electron chi connectivity index (χ4n) is 4.18. The van der Waals surface area contributed by atoms with Crippen molar-refractivity contribution in [1.82, 2.24) is 0 Å². The molecule has 0 saturated heterocycles. The van der Waals surface area contributed by atoms with E-state index in [1.807, 2.05) is 38.1 Å². The van der Waals surface area contributed by atoms with Crippen molar-refractivity contribution < 1.29 is 19.1 Å². The Labute approximate surface area is 193 Å². The average Bonchev–Trinajstić information content (AvgIpc) is 2.75. The van der Waals surface area contributed by atoms with Crippen molar-refractivity contribution in [3.63, 3.8) is 0 Å². The standard InChI is InChI=1S/C28H38O4/c1-7-9-11-23-13-17-25(18-14-23)27(5,31-21(3)29)28(6,32-22(4)30)26-19-15-24(16-20-26)12-10-8-2/h13-20H,7-12H2,1-6H3.